The van der Waals surface area contributed by atoms with E-state index in [0.29, 0.717) is 5.69 Å². The number of carbonyl (C=O) groups is 1. The average Bonchev–Trinajstić information content (AvgIpc) is 2.46. The number of nitrogens with two attached hydrogens (primary N) is 1. The highest BCUT2D eigenvalue weighted by atomic mass is 16.7. The molecule has 0 bridgehead atoms. The lowest BCUT2D eigenvalue weighted by molar-refractivity contribution is -0.149. The van der Waals surface area contributed by atoms with Crippen LogP contribution in [0.1, 0.15) is 37.8 Å². The van der Waals surface area contributed by atoms with Crippen LogP contribution in [0, 0.1) is 5.92 Å². The quantitative estimate of drug-likeness (QED) is 0.382. The van der Waals surface area contributed by atoms with Crippen molar-refractivity contribution in [1.29, 1.82) is 0 Å². The third-order valence-electron chi connectivity index (χ3n) is 3.10. The zero-order valence-corrected chi connectivity index (χ0v) is 10.2. The van der Waals surface area contributed by atoms with Crippen LogP contribution < -0.4 is 5.73 Å². The first-order valence-electron chi connectivity index (χ1n) is 6.23. The van der Waals surface area contributed by atoms with Crippen LogP contribution in [0.5, 0.6) is 0 Å². The first-order chi connectivity index (χ1) is 8.77. The molecule has 0 aromatic carbocycles. The van der Waals surface area contributed by atoms with E-state index in [0.717, 1.165) is 25.7 Å². The van der Waals surface area contributed by atoms with Crippen LogP contribution in [0.15, 0.2) is 29.6 Å². The van der Waals surface area contributed by atoms with E-state index in [1.165, 1.54) is 6.42 Å². The van der Waals surface area contributed by atoms with E-state index in [-0.39, 0.29) is 17.7 Å². The Morgan fingerprint density at radius 1 is 1.33 bits per heavy atom. The predicted molar refractivity (Wildman–Crippen MR) is 67.6 cm³/mol. The van der Waals surface area contributed by atoms with Crippen LogP contribution in [0.2, 0.25) is 0 Å². The summed E-state index contributed by atoms with van der Waals surface area (Å²) in [6.07, 6.45) is 6.75. The standard InChI is InChI=1S/C13H17N3O2/c14-12(11-8-4-5-9-15-11)16-18-13(17)10-6-2-1-3-7-10/h4-5,8-10H,1-3,6-7H2,(H2,14,16). The van der Waals surface area contributed by atoms with Crippen molar-refractivity contribution in [3.63, 3.8) is 0 Å². The van der Waals surface area contributed by atoms with Gasteiger partial charge in [-0.25, -0.2) is 4.79 Å². The summed E-state index contributed by atoms with van der Waals surface area (Å²) in [5.74, 6) is -0.188. The van der Waals surface area contributed by atoms with E-state index in [9.17, 15) is 4.79 Å². The third-order valence-corrected chi connectivity index (χ3v) is 3.10. The highest BCUT2D eigenvalue weighted by molar-refractivity contribution is 5.95. The van der Waals surface area contributed by atoms with Gasteiger partial charge in [0.15, 0.2) is 5.84 Å². The first-order valence-corrected chi connectivity index (χ1v) is 6.23. The summed E-state index contributed by atoms with van der Waals surface area (Å²) in [6, 6.07) is 5.30. The SMILES string of the molecule is N/C(=N/OC(=O)C1CCCCC1)c1ccccn1. The molecule has 1 fully saturated rings. The van der Waals surface area contributed by atoms with Gasteiger partial charge in [-0.15, -0.1) is 0 Å². The number of aromatic nitrogens is 1. The normalized spacial score (nSPS) is 17.4. The molecule has 1 aromatic heterocycles. The van der Waals surface area contributed by atoms with Crippen molar-refractivity contribution in [3.05, 3.63) is 30.1 Å². The van der Waals surface area contributed by atoms with Crippen molar-refractivity contribution in [1.82, 2.24) is 4.98 Å². The molecule has 2 N–H and O–H groups in total. The summed E-state index contributed by atoms with van der Waals surface area (Å²) in [4.78, 5) is 20.6. The maximum atomic E-state index is 11.7. The van der Waals surface area contributed by atoms with Gasteiger partial charge in [0.1, 0.15) is 5.69 Å². The first kappa shape index (κ1) is 12.5. The summed E-state index contributed by atoms with van der Waals surface area (Å²) in [7, 11) is 0. The number of nitrogens with zero attached hydrogens (tertiary/aromatic N) is 2. The summed E-state index contributed by atoms with van der Waals surface area (Å²) >= 11 is 0. The topological polar surface area (TPSA) is 77.6 Å². The van der Waals surface area contributed by atoms with Crippen LogP contribution in [0.25, 0.3) is 0 Å². The minimum atomic E-state index is -0.284. The molecule has 1 heterocycles. The lowest BCUT2D eigenvalue weighted by Gasteiger charge is -2.17. The Kier molecular flexibility index (Phi) is 4.28. The van der Waals surface area contributed by atoms with Crippen molar-refractivity contribution in [2.24, 2.45) is 16.8 Å². The van der Waals surface area contributed by atoms with Gasteiger partial charge in [-0.05, 0) is 25.0 Å². The molecule has 5 heteroatoms. The van der Waals surface area contributed by atoms with E-state index >= 15 is 0 Å². The number of hydrogen-bond donors (Lipinski definition) is 1. The number of amidine groups is 1. The predicted octanol–water partition coefficient (Wildman–Crippen LogP) is 1.83. The summed E-state index contributed by atoms with van der Waals surface area (Å²) in [6.45, 7) is 0. The summed E-state index contributed by atoms with van der Waals surface area (Å²) in [5, 5.41) is 3.65. The molecule has 0 radical (unpaired) electrons. The maximum absolute atomic E-state index is 11.7. The van der Waals surface area contributed by atoms with Gasteiger partial charge in [-0.2, -0.15) is 0 Å². The van der Waals surface area contributed by atoms with Crippen LogP contribution in [0.4, 0.5) is 0 Å². The number of hydrogen-bond acceptors (Lipinski definition) is 4. The fourth-order valence-electron chi connectivity index (χ4n) is 2.07. The van der Waals surface area contributed by atoms with Gasteiger partial charge in [0.2, 0.25) is 0 Å². The third kappa shape index (κ3) is 3.29. The Morgan fingerprint density at radius 2 is 2.11 bits per heavy atom. The Hall–Kier alpha value is -1.91. The van der Waals surface area contributed by atoms with Gasteiger partial charge >= 0.3 is 5.97 Å². The Bertz CT molecular complexity index is 425. The molecule has 1 saturated carbocycles. The smallest absolute Gasteiger partial charge is 0.338 e. The molecule has 0 saturated heterocycles. The zero-order valence-electron chi connectivity index (χ0n) is 10.2. The van der Waals surface area contributed by atoms with Gasteiger partial charge in [0, 0.05) is 6.20 Å². The Labute approximate surface area is 106 Å². The van der Waals surface area contributed by atoms with E-state index < -0.39 is 0 Å². The average molecular weight is 247 g/mol. The highest BCUT2D eigenvalue weighted by Gasteiger charge is 2.22. The van der Waals surface area contributed by atoms with Gasteiger partial charge < -0.3 is 10.6 Å². The molecule has 0 atom stereocenters. The summed E-state index contributed by atoms with van der Waals surface area (Å²) in [5.41, 5.74) is 6.19. The minimum absolute atomic E-state index is 0.0287. The van der Waals surface area contributed by atoms with Gasteiger partial charge in [-0.1, -0.05) is 30.5 Å². The number of pyridine rings is 1. The van der Waals surface area contributed by atoms with E-state index in [1.807, 2.05) is 0 Å². The second kappa shape index (κ2) is 6.14. The lowest BCUT2D eigenvalue weighted by atomic mass is 9.89. The fourth-order valence-corrected chi connectivity index (χ4v) is 2.07. The van der Waals surface area contributed by atoms with Crippen LogP contribution in [0.3, 0.4) is 0 Å². The molecule has 0 amide bonds. The second-order valence-corrected chi connectivity index (χ2v) is 4.44. The number of carbonyl (C=O) groups excluding carboxylic acids is 1. The fraction of sp³-hybridized carbons (Fsp3) is 0.462. The maximum Gasteiger partial charge on any atom is 0.338 e. The van der Waals surface area contributed by atoms with E-state index in [4.69, 9.17) is 10.6 Å². The van der Waals surface area contributed by atoms with Crippen LogP contribution >= 0.6 is 0 Å². The highest BCUT2D eigenvalue weighted by Crippen LogP contribution is 2.24. The molecule has 5 nitrogen and oxygen atoms in total. The van der Waals surface area contributed by atoms with Crippen molar-refractivity contribution >= 4 is 11.8 Å². The molecule has 1 aromatic rings. The molecule has 0 unspecified atom stereocenters. The molecule has 1 aliphatic carbocycles. The monoisotopic (exact) mass is 247 g/mol. The Balaban J connectivity index is 1.91. The van der Waals surface area contributed by atoms with Crippen molar-refractivity contribution in [2.45, 2.75) is 32.1 Å². The molecule has 2 rings (SSSR count). The lowest BCUT2D eigenvalue weighted by Crippen LogP contribution is -2.21. The largest absolute Gasteiger partial charge is 0.379 e. The van der Waals surface area contributed by atoms with Crippen LogP contribution in [-0.2, 0) is 9.63 Å². The van der Waals surface area contributed by atoms with Crippen molar-refractivity contribution in [3.8, 4) is 0 Å². The molecule has 0 aliphatic heterocycles. The number of oxime groups is 1. The molecule has 1 aliphatic rings. The summed E-state index contributed by atoms with van der Waals surface area (Å²) < 4.78 is 0. The zero-order chi connectivity index (χ0) is 12.8. The van der Waals surface area contributed by atoms with Gasteiger partial charge in [0.25, 0.3) is 0 Å². The van der Waals surface area contributed by atoms with Gasteiger partial charge in [-0.3, -0.25) is 4.98 Å². The Morgan fingerprint density at radius 3 is 2.78 bits per heavy atom. The number of rotatable bonds is 3. The molecular weight excluding hydrogens is 230 g/mol. The van der Waals surface area contributed by atoms with E-state index in [1.54, 1.807) is 24.4 Å². The minimum Gasteiger partial charge on any atom is -0.379 e. The van der Waals surface area contributed by atoms with Crippen molar-refractivity contribution < 1.29 is 9.63 Å². The molecule has 18 heavy (non-hydrogen) atoms. The van der Waals surface area contributed by atoms with Gasteiger partial charge in [0.05, 0.1) is 5.92 Å². The molecular formula is C13H17N3O2. The molecule has 0 spiro atoms. The second-order valence-electron chi connectivity index (χ2n) is 4.44. The van der Waals surface area contributed by atoms with Crippen molar-refractivity contribution in [2.75, 3.05) is 0 Å². The van der Waals surface area contributed by atoms with E-state index in [2.05, 4.69) is 10.1 Å². The molecule has 96 valence electrons. The van der Waals surface area contributed by atoms with Crippen LogP contribution in [-0.4, -0.2) is 16.8 Å².